The lowest BCUT2D eigenvalue weighted by Crippen LogP contribution is -2.12. The monoisotopic (exact) mass is 248 g/mol. The van der Waals surface area contributed by atoms with Crippen LogP contribution in [0.25, 0.3) is 11.3 Å². The van der Waals surface area contributed by atoms with Crippen LogP contribution in [-0.2, 0) is 0 Å². The fourth-order valence-corrected chi connectivity index (χ4v) is 2.36. The van der Waals surface area contributed by atoms with E-state index in [1.165, 1.54) is 6.42 Å². The Morgan fingerprint density at radius 2 is 2.29 bits per heavy atom. The van der Waals surface area contributed by atoms with Crippen molar-refractivity contribution < 1.29 is 4.52 Å². The average molecular weight is 249 g/mol. The van der Waals surface area contributed by atoms with Gasteiger partial charge in [0.25, 0.3) is 0 Å². The molecule has 0 spiro atoms. The molecule has 2 heterocycles. The molecule has 0 bridgehead atoms. The summed E-state index contributed by atoms with van der Waals surface area (Å²) < 4.78 is 5.37. The third-order valence-electron chi connectivity index (χ3n) is 3.05. The molecule has 1 aromatic heterocycles. The van der Waals surface area contributed by atoms with E-state index in [0.29, 0.717) is 11.1 Å². The van der Waals surface area contributed by atoms with Gasteiger partial charge in [-0.1, -0.05) is 28.9 Å². The first-order valence-corrected chi connectivity index (χ1v) is 6.17. The predicted molar refractivity (Wildman–Crippen MR) is 66.9 cm³/mol. The standard InChI is InChI=1S/C13H13ClN2O/c14-10-4-1-3-9(7-10)13-8-12(16-17-13)11-5-2-6-15-11/h1,3-4,7-8,11,15H,2,5-6H2. The van der Waals surface area contributed by atoms with Crippen molar-refractivity contribution in [2.75, 3.05) is 6.54 Å². The molecule has 1 atom stereocenters. The summed E-state index contributed by atoms with van der Waals surface area (Å²) in [5, 5.41) is 8.23. The van der Waals surface area contributed by atoms with Gasteiger partial charge < -0.3 is 9.84 Å². The molecule has 4 heteroatoms. The Morgan fingerprint density at radius 3 is 3.06 bits per heavy atom. The zero-order chi connectivity index (χ0) is 11.7. The van der Waals surface area contributed by atoms with Gasteiger partial charge >= 0.3 is 0 Å². The first kappa shape index (κ1) is 10.8. The van der Waals surface area contributed by atoms with Crippen molar-refractivity contribution >= 4 is 11.6 Å². The highest BCUT2D eigenvalue weighted by molar-refractivity contribution is 6.30. The molecule has 2 aromatic rings. The molecular weight excluding hydrogens is 236 g/mol. The molecule has 17 heavy (non-hydrogen) atoms. The maximum absolute atomic E-state index is 5.95. The Morgan fingerprint density at radius 1 is 1.35 bits per heavy atom. The van der Waals surface area contributed by atoms with Gasteiger partial charge in [-0.25, -0.2) is 0 Å². The van der Waals surface area contributed by atoms with Crippen LogP contribution in [0.4, 0.5) is 0 Å². The van der Waals surface area contributed by atoms with E-state index in [9.17, 15) is 0 Å². The molecule has 1 aromatic carbocycles. The lowest BCUT2D eigenvalue weighted by Gasteiger charge is -2.02. The maximum Gasteiger partial charge on any atom is 0.167 e. The molecule has 0 saturated carbocycles. The number of rotatable bonds is 2. The van der Waals surface area contributed by atoms with Gasteiger partial charge in [-0.15, -0.1) is 0 Å². The van der Waals surface area contributed by atoms with E-state index < -0.39 is 0 Å². The molecule has 1 aliphatic rings. The summed E-state index contributed by atoms with van der Waals surface area (Å²) in [6, 6.07) is 9.95. The molecule has 3 nitrogen and oxygen atoms in total. The fourth-order valence-electron chi connectivity index (χ4n) is 2.17. The molecule has 1 N–H and O–H groups in total. The Hall–Kier alpha value is -1.32. The minimum atomic E-state index is 0.340. The van der Waals surface area contributed by atoms with E-state index in [0.717, 1.165) is 30.0 Å². The van der Waals surface area contributed by atoms with Crippen molar-refractivity contribution in [3.8, 4) is 11.3 Å². The molecule has 1 aliphatic heterocycles. The number of nitrogens with zero attached hydrogens (tertiary/aromatic N) is 1. The van der Waals surface area contributed by atoms with Crippen LogP contribution in [0.15, 0.2) is 34.9 Å². The minimum absolute atomic E-state index is 0.340. The van der Waals surface area contributed by atoms with Crippen molar-refractivity contribution in [2.45, 2.75) is 18.9 Å². The first-order chi connectivity index (χ1) is 8.33. The zero-order valence-electron chi connectivity index (χ0n) is 9.32. The summed E-state index contributed by atoms with van der Waals surface area (Å²) in [4.78, 5) is 0. The quantitative estimate of drug-likeness (QED) is 0.885. The highest BCUT2D eigenvalue weighted by Crippen LogP contribution is 2.28. The summed E-state index contributed by atoms with van der Waals surface area (Å²) in [5.74, 6) is 0.774. The Kier molecular flexibility index (Phi) is 2.87. The normalized spacial score (nSPS) is 19.7. The zero-order valence-corrected chi connectivity index (χ0v) is 10.1. The third-order valence-corrected chi connectivity index (χ3v) is 3.29. The van der Waals surface area contributed by atoms with Gasteiger partial charge in [-0.3, -0.25) is 0 Å². The predicted octanol–water partition coefficient (Wildman–Crippen LogP) is 3.42. The second-order valence-electron chi connectivity index (χ2n) is 4.28. The van der Waals surface area contributed by atoms with Crippen LogP contribution in [0, 0.1) is 0 Å². The molecule has 88 valence electrons. The summed E-state index contributed by atoms with van der Waals surface area (Å²) in [5.41, 5.74) is 1.95. The van der Waals surface area contributed by atoms with Crippen molar-refractivity contribution in [3.63, 3.8) is 0 Å². The summed E-state index contributed by atoms with van der Waals surface area (Å²) >= 11 is 5.95. The van der Waals surface area contributed by atoms with Gasteiger partial charge in [0.1, 0.15) is 5.69 Å². The highest BCUT2D eigenvalue weighted by Gasteiger charge is 2.20. The van der Waals surface area contributed by atoms with Gasteiger partial charge in [0, 0.05) is 16.7 Å². The van der Waals surface area contributed by atoms with E-state index in [1.54, 1.807) is 0 Å². The maximum atomic E-state index is 5.95. The Labute approximate surface area is 105 Å². The number of hydrogen-bond donors (Lipinski definition) is 1. The van der Waals surface area contributed by atoms with Crippen LogP contribution in [-0.4, -0.2) is 11.7 Å². The minimum Gasteiger partial charge on any atom is -0.356 e. The summed E-state index contributed by atoms with van der Waals surface area (Å²) in [6.07, 6.45) is 2.32. The van der Waals surface area contributed by atoms with Crippen LogP contribution in [0.5, 0.6) is 0 Å². The number of benzene rings is 1. The highest BCUT2D eigenvalue weighted by atomic mass is 35.5. The molecule has 0 aliphatic carbocycles. The van der Waals surface area contributed by atoms with Crippen LogP contribution in [0.2, 0.25) is 5.02 Å². The Balaban J connectivity index is 1.89. The lowest BCUT2D eigenvalue weighted by molar-refractivity contribution is 0.412. The number of aromatic nitrogens is 1. The van der Waals surface area contributed by atoms with Crippen molar-refractivity contribution in [3.05, 3.63) is 41.0 Å². The van der Waals surface area contributed by atoms with Crippen molar-refractivity contribution in [1.29, 1.82) is 0 Å². The molecular formula is C13H13ClN2O. The number of hydrogen-bond acceptors (Lipinski definition) is 3. The molecule has 1 fully saturated rings. The lowest BCUT2D eigenvalue weighted by atomic mass is 10.1. The molecule has 1 saturated heterocycles. The van der Waals surface area contributed by atoms with E-state index >= 15 is 0 Å². The van der Waals surface area contributed by atoms with Crippen LogP contribution >= 0.6 is 11.6 Å². The summed E-state index contributed by atoms with van der Waals surface area (Å²) in [6.45, 7) is 1.06. The van der Waals surface area contributed by atoms with E-state index in [1.807, 2.05) is 30.3 Å². The molecule has 0 radical (unpaired) electrons. The van der Waals surface area contributed by atoms with Crippen molar-refractivity contribution in [1.82, 2.24) is 10.5 Å². The molecule has 3 rings (SSSR count). The van der Waals surface area contributed by atoms with Gasteiger partial charge in [0.2, 0.25) is 0 Å². The SMILES string of the molecule is Clc1cccc(-c2cc(C3CCCN3)no2)c1. The van der Waals surface area contributed by atoms with Gasteiger partial charge in [-0.05, 0) is 31.5 Å². The second-order valence-corrected chi connectivity index (χ2v) is 4.71. The van der Waals surface area contributed by atoms with E-state index in [4.69, 9.17) is 16.1 Å². The number of halogens is 1. The fraction of sp³-hybridized carbons (Fsp3) is 0.308. The molecule has 0 amide bonds. The first-order valence-electron chi connectivity index (χ1n) is 5.79. The number of nitrogens with one attached hydrogen (secondary N) is 1. The van der Waals surface area contributed by atoms with Crippen molar-refractivity contribution in [2.24, 2.45) is 0 Å². The smallest absolute Gasteiger partial charge is 0.167 e. The molecule has 1 unspecified atom stereocenters. The van der Waals surface area contributed by atoms with Crippen LogP contribution in [0.3, 0.4) is 0 Å². The second kappa shape index (κ2) is 4.51. The average Bonchev–Trinajstić information content (AvgIpc) is 3.00. The van der Waals surface area contributed by atoms with Crippen LogP contribution < -0.4 is 5.32 Å². The van der Waals surface area contributed by atoms with Gasteiger partial charge in [-0.2, -0.15) is 0 Å². The topological polar surface area (TPSA) is 38.1 Å². The van der Waals surface area contributed by atoms with Gasteiger partial charge in [0.15, 0.2) is 5.76 Å². The van der Waals surface area contributed by atoms with E-state index in [2.05, 4.69) is 10.5 Å². The largest absolute Gasteiger partial charge is 0.356 e. The van der Waals surface area contributed by atoms with Gasteiger partial charge in [0.05, 0.1) is 6.04 Å². The summed E-state index contributed by atoms with van der Waals surface area (Å²) in [7, 11) is 0. The third kappa shape index (κ3) is 2.21. The van der Waals surface area contributed by atoms with Crippen LogP contribution in [0.1, 0.15) is 24.6 Å². The Bertz CT molecular complexity index is 518. The van der Waals surface area contributed by atoms with E-state index in [-0.39, 0.29) is 0 Å².